The summed E-state index contributed by atoms with van der Waals surface area (Å²) in [7, 11) is 1.66. The van der Waals surface area contributed by atoms with E-state index in [9.17, 15) is 4.79 Å². The van der Waals surface area contributed by atoms with Gasteiger partial charge >= 0.3 is 5.69 Å². The van der Waals surface area contributed by atoms with Crippen molar-refractivity contribution < 1.29 is 14.0 Å². The average Bonchev–Trinajstić information content (AvgIpc) is 3.45. The monoisotopic (exact) mass is 497 g/mol. The topological polar surface area (TPSA) is 107 Å². The second-order valence-corrected chi connectivity index (χ2v) is 9.17. The second kappa shape index (κ2) is 9.25. The largest absolute Gasteiger partial charge is 0.497 e. The standard InChI is InChI=1S/C28H27N5O4/c1-16-24(17(2)37-32-16)21-12-19(14-29-13-18-7-9-20(35-3)10-8-18)25-26-27(21)36-15-23(33(26)28(34)31-25)22-6-4-5-11-30-22/h4-12,23,29H,13-15H2,1-3H3,(H,31,34). The van der Waals surface area contributed by atoms with Crippen LogP contribution in [0.1, 0.15) is 34.3 Å². The van der Waals surface area contributed by atoms with Crippen molar-refractivity contribution >= 4 is 11.0 Å². The Morgan fingerprint density at radius 2 is 2.00 bits per heavy atom. The number of aromatic amines is 1. The molecule has 0 spiro atoms. The van der Waals surface area contributed by atoms with Gasteiger partial charge in [0.15, 0.2) is 5.75 Å². The summed E-state index contributed by atoms with van der Waals surface area (Å²) in [6.07, 6.45) is 1.73. The van der Waals surface area contributed by atoms with Crippen molar-refractivity contribution in [3.63, 3.8) is 0 Å². The third-order valence-electron chi connectivity index (χ3n) is 6.86. The average molecular weight is 498 g/mol. The number of methoxy groups -OCH3 is 1. The van der Waals surface area contributed by atoms with Crippen LogP contribution >= 0.6 is 0 Å². The van der Waals surface area contributed by atoms with Crippen molar-refractivity contribution in [1.82, 2.24) is 25.0 Å². The lowest BCUT2D eigenvalue weighted by atomic mass is 9.97. The Kier molecular flexibility index (Phi) is 5.77. The smallest absolute Gasteiger partial charge is 0.327 e. The number of imidazole rings is 1. The van der Waals surface area contributed by atoms with Gasteiger partial charge in [0.25, 0.3) is 0 Å². The van der Waals surface area contributed by atoms with Gasteiger partial charge in [-0.15, -0.1) is 0 Å². The molecule has 1 aliphatic heterocycles. The minimum atomic E-state index is -0.338. The van der Waals surface area contributed by atoms with Crippen LogP contribution in [-0.2, 0) is 13.1 Å². The summed E-state index contributed by atoms with van der Waals surface area (Å²) in [5.74, 6) is 2.17. The van der Waals surface area contributed by atoms with Gasteiger partial charge in [-0.2, -0.15) is 0 Å². The SMILES string of the molecule is COc1ccc(CNCc2cc(-c3c(C)noc3C)c3c4c2[nH]c(=O)n4C(c2ccccn2)CO3)cc1. The van der Waals surface area contributed by atoms with Crippen LogP contribution in [0.15, 0.2) is 64.0 Å². The molecule has 0 radical (unpaired) electrons. The molecule has 0 saturated carbocycles. The van der Waals surface area contributed by atoms with E-state index in [1.54, 1.807) is 17.9 Å². The Morgan fingerprint density at radius 3 is 2.70 bits per heavy atom. The number of hydrogen-bond donors (Lipinski definition) is 2. The van der Waals surface area contributed by atoms with Gasteiger partial charge in [-0.3, -0.25) is 9.55 Å². The van der Waals surface area contributed by atoms with Gasteiger partial charge in [-0.05, 0) is 55.3 Å². The van der Waals surface area contributed by atoms with Gasteiger partial charge in [-0.1, -0.05) is 23.4 Å². The molecular formula is C28H27N5O4. The van der Waals surface area contributed by atoms with Crippen molar-refractivity contribution in [2.45, 2.75) is 33.0 Å². The van der Waals surface area contributed by atoms with Crippen LogP contribution in [0.25, 0.3) is 22.2 Å². The zero-order valence-corrected chi connectivity index (χ0v) is 20.9. The van der Waals surface area contributed by atoms with Gasteiger partial charge < -0.3 is 24.3 Å². The van der Waals surface area contributed by atoms with Crippen LogP contribution in [0, 0.1) is 13.8 Å². The Balaban J connectivity index is 1.46. The highest BCUT2D eigenvalue weighted by Crippen LogP contribution is 2.44. The molecular weight excluding hydrogens is 470 g/mol. The molecule has 4 heterocycles. The van der Waals surface area contributed by atoms with Crippen LogP contribution in [0.4, 0.5) is 0 Å². The minimum absolute atomic E-state index is 0.192. The molecule has 0 aliphatic carbocycles. The number of benzene rings is 2. The first-order valence-corrected chi connectivity index (χ1v) is 12.2. The molecule has 0 amide bonds. The van der Waals surface area contributed by atoms with Crippen molar-refractivity contribution in [2.75, 3.05) is 13.7 Å². The summed E-state index contributed by atoms with van der Waals surface area (Å²) in [5.41, 5.74) is 6.64. The van der Waals surface area contributed by atoms with Crippen molar-refractivity contribution in [2.24, 2.45) is 0 Å². The highest BCUT2D eigenvalue weighted by molar-refractivity contribution is 5.94. The number of rotatable bonds is 7. The molecule has 1 atom stereocenters. The number of H-pyrrole nitrogens is 1. The Hall–Kier alpha value is -4.37. The van der Waals surface area contributed by atoms with Crippen LogP contribution in [-0.4, -0.2) is 33.4 Å². The van der Waals surface area contributed by atoms with E-state index in [0.29, 0.717) is 31.2 Å². The Morgan fingerprint density at radius 1 is 1.16 bits per heavy atom. The molecule has 0 saturated heterocycles. The van der Waals surface area contributed by atoms with Crippen LogP contribution < -0.4 is 20.5 Å². The first-order chi connectivity index (χ1) is 18.0. The lowest BCUT2D eigenvalue weighted by Gasteiger charge is -2.27. The van der Waals surface area contributed by atoms with E-state index in [0.717, 1.165) is 50.4 Å². The van der Waals surface area contributed by atoms with E-state index in [2.05, 4.69) is 26.5 Å². The molecule has 9 nitrogen and oxygen atoms in total. The Labute approximate surface area is 213 Å². The van der Waals surface area contributed by atoms with Gasteiger partial charge in [0.1, 0.15) is 29.7 Å². The van der Waals surface area contributed by atoms with Crippen LogP contribution in [0.5, 0.6) is 11.5 Å². The maximum Gasteiger partial charge on any atom is 0.327 e. The zero-order chi connectivity index (χ0) is 25.5. The number of nitrogens with zero attached hydrogens (tertiary/aromatic N) is 3. The summed E-state index contributed by atoms with van der Waals surface area (Å²) < 4.78 is 18.9. The van der Waals surface area contributed by atoms with Crippen LogP contribution in [0.3, 0.4) is 0 Å². The highest BCUT2D eigenvalue weighted by atomic mass is 16.5. The third kappa shape index (κ3) is 3.97. The molecule has 6 rings (SSSR count). The fourth-order valence-electron chi connectivity index (χ4n) is 5.09. The van der Waals surface area contributed by atoms with E-state index < -0.39 is 0 Å². The van der Waals surface area contributed by atoms with Crippen molar-refractivity contribution in [1.29, 1.82) is 0 Å². The molecule has 2 aromatic carbocycles. The van der Waals surface area contributed by atoms with Crippen molar-refractivity contribution in [3.05, 3.63) is 93.5 Å². The molecule has 1 unspecified atom stereocenters. The van der Waals surface area contributed by atoms with E-state index in [4.69, 9.17) is 14.0 Å². The summed E-state index contributed by atoms with van der Waals surface area (Å²) in [4.78, 5) is 20.9. The number of aromatic nitrogens is 4. The molecule has 2 N–H and O–H groups in total. The number of aryl methyl sites for hydroxylation is 2. The molecule has 37 heavy (non-hydrogen) atoms. The summed E-state index contributed by atoms with van der Waals surface area (Å²) in [6, 6.07) is 15.4. The summed E-state index contributed by atoms with van der Waals surface area (Å²) in [6.45, 7) is 5.28. The fourth-order valence-corrected chi connectivity index (χ4v) is 5.09. The molecule has 1 aliphatic rings. The van der Waals surface area contributed by atoms with E-state index >= 15 is 0 Å². The molecule has 3 aromatic heterocycles. The molecule has 188 valence electrons. The second-order valence-electron chi connectivity index (χ2n) is 9.17. The lowest BCUT2D eigenvalue weighted by Crippen LogP contribution is -2.31. The predicted molar refractivity (Wildman–Crippen MR) is 139 cm³/mol. The number of ether oxygens (including phenoxy) is 2. The maximum absolute atomic E-state index is 13.3. The number of pyridine rings is 1. The van der Waals surface area contributed by atoms with Gasteiger partial charge in [-0.25, -0.2) is 4.79 Å². The minimum Gasteiger partial charge on any atom is -0.497 e. The maximum atomic E-state index is 13.3. The molecule has 5 aromatic rings. The quantitative estimate of drug-likeness (QED) is 0.346. The molecule has 0 bridgehead atoms. The third-order valence-corrected chi connectivity index (χ3v) is 6.86. The lowest BCUT2D eigenvalue weighted by molar-refractivity contribution is 0.255. The van der Waals surface area contributed by atoms with Gasteiger partial charge in [0.2, 0.25) is 0 Å². The zero-order valence-electron chi connectivity index (χ0n) is 20.9. The van der Waals surface area contributed by atoms with Gasteiger partial charge in [0, 0.05) is 24.8 Å². The van der Waals surface area contributed by atoms with Crippen LogP contribution in [0.2, 0.25) is 0 Å². The number of hydrogen-bond acceptors (Lipinski definition) is 7. The van der Waals surface area contributed by atoms with Crippen molar-refractivity contribution in [3.8, 4) is 22.6 Å². The predicted octanol–water partition coefficient (Wildman–Crippen LogP) is 4.28. The first-order valence-electron chi connectivity index (χ1n) is 12.2. The molecule has 0 fully saturated rings. The van der Waals surface area contributed by atoms with E-state index in [1.807, 2.05) is 56.3 Å². The molecule has 9 heteroatoms. The Bertz CT molecular complexity index is 1610. The number of nitrogens with one attached hydrogen (secondary N) is 2. The summed E-state index contributed by atoms with van der Waals surface area (Å²) >= 11 is 0. The van der Waals surface area contributed by atoms with E-state index in [1.165, 1.54) is 0 Å². The normalized spacial score (nSPS) is 14.6. The fraction of sp³-hybridized carbons (Fsp3) is 0.250. The highest BCUT2D eigenvalue weighted by Gasteiger charge is 2.32. The summed E-state index contributed by atoms with van der Waals surface area (Å²) in [5, 5.41) is 7.67. The van der Waals surface area contributed by atoms with E-state index in [-0.39, 0.29) is 11.7 Å². The first kappa shape index (κ1) is 23.1. The van der Waals surface area contributed by atoms with Gasteiger partial charge in [0.05, 0.1) is 29.6 Å².